The van der Waals surface area contributed by atoms with Crippen LogP contribution in [0.25, 0.3) is 0 Å². The van der Waals surface area contributed by atoms with Crippen LogP contribution in [0.5, 0.6) is 0 Å². The summed E-state index contributed by atoms with van der Waals surface area (Å²) in [5.41, 5.74) is 2.64. The quantitative estimate of drug-likeness (QED) is 0.707. The Morgan fingerprint density at radius 2 is 1.39 bits per heavy atom. The fourth-order valence-corrected chi connectivity index (χ4v) is 2.02. The molecule has 0 aliphatic carbocycles. The number of halogens is 1. The minimum absolute atomic E-state index is 0.911. The summed E-state index contributed by atoms with van der Waals surface area (Å²) in [4.78, 5) is 0. The summed E-state index contributed by atoms with van der Waals surface area (Å²) in [5.74, 6) is 0. The van der Waals surface area contributed by atoms with E-state index in [4.69, 9.17) is 11.6 Å². The zero-order valence-electron chi connectivity index (χ0n) is 10.4. The molecule has 0 fully saturated rings. The van der Waals surface area contributed by atoms with Crippen molar-refractivity contribution in [3.8, 4) is 0 Å². The van der Waals surface area contributed by atoms with Gasteiger partial charge in [0.1, 0.15) is 0 Å². The van der Waals surface area contributed by atoms with Gasteiger partial charge in [-0.15, -0.1) is 0 Å². The molecular weight excluding hydrogens is 240 g/mol. The van der Waals surface area contributed by atoms with Gasteiger partial charge in [0.15, 0.2) is 0 Å². The van der Waals surface area contributed by atoms with Gasteiger partial charge in [-0.2, -0.15) is 0 Å². The third-order valence-electron chi connectivity index (χ3n) is 2.90. The van der Waals surface area contributed by atoms with E-state index in [0.717, 1.165) is 24.3 Å². The molecule has 0 saturated carbocycles. The van der Waals surface area contributed by atoms with Gasteiger partial charge < -0.3 is 0 Å². The number of rotatable bonds is 5. The highest BCUT2D eigenvalue weighted by molar-refractivity contribution is 6.29. The van der Waals surface area contributed by atoms with Crippen LogP contribution < -0.4 is 0 Å². The Morgan fingerprint density at radius 3 is 2.00 bits per heavy atom. The monoisotopic (exact) mass is 256 g/mol. The van der Waals surface area contributed by atoms with Gasteiger partial charge in [0, 0.05) is 5.03 Å². The molecule has 0 aliphatic rings. The molecule has 1 heteroatoms. The molecule has 0 heterocycles. The molecule has 0 atom stereocenters. The summed E-state index contributed by atoms with van der Waals surface area (Å²) < 4.78 is 0. The average molecular weight is 257 g/mol. The smallest absolute Gasteiger partial charge is 0.0147 e. The lowest BCUT2D eigenvalue weighted by Crippen LogP contribution is -1.86. The molecule has 92 valence electrons. The van der Waals surface area contributed by atoms with Crippen LogP contribution in [0.2, 0.25) is 0 Å². The van der Waals surface area contributed by atoms with Crippen LogP contribution in [0.3, 0.4) is 0 Å². The summed E-state index contributed by atoms with van der Waals surface area (Å²) >= 11 is 6.24. The Labute approximate surface area is 114 Å². The van der Waals surface area contributed by atoms with E-state index in [1.54, 1.807) is 0 Å². The first-order chi connectivity index (χ1) is 8.84. The van der Waals surface area contributed by atoms with Gasteiger partial charge in [-0.05, 0) is 30.4 Å². The molecule has 0 radical (unpaired) electrons. The number of benzene rings is 2. The summed E-state index contributed by atoms with van der Waals surface area (Å²) in [6.07, 6.45) is 4.94. The van der Waals surface area contributed by atoms with Crippen molar-refractivity contribution < 1.29 is 0 Å². The second kappa shape index (κ2) is 7.03. The standard InChI is InChI=1S/C17H17Cl/c18-17(13-11-15-7-3-1-4-8-15)14-12-16-9-5-2-6-10-16/h1-10,13H,11-12,14H2/b17-13-. The minimum atomic E-state index is 0.911. The summed E-state index contributed by atoms with van der Waals surface area (Å²) in [7, 11) is 0. The van der Waals surface area contributed by atoms with Crippen molar-refractivity contribution in [1.29, 1.82) is 0 Å². The molecule has 0 nitrogen and oxygen atoms in total. The first-order valence-corrected chi connectivity index (χ1v) is 6.65. The molecule has 18 heavy (non-hydrogen) atoms. The van der Waals surface area contributed by atoms with Gasteiger partial charge in [-0.25, -0.2) is 0 Å². The second-order valence-corrected chi connectivity index (χ2v) is 4.81. The number of allylic oxidation sites excluding steroid dienone is 2. The van der Waals surface area contributed by atoms with Crippen LogP contribution in [0.1, 0.15) is 17.5 Å². The summed E-state index contributed by atoms with van der Waals surface area (Å²) in [6, 6.07) is 20.8. The van der Waals surface area contributed by atoms with E-state index < -0.39 is 0 Å². The van der Waals surface area contributed by atoms with E-state index in [2.05, 4.69) is 54.6 Å². The van der Waals surface area contributed by atoms with Crippen LogP contribution in [0.15, 0.2) is 71.8 Å². The molecule has 0 aliphatic heterocycles. The van der Waals surface area contributed by atoms with Gasteiger partial charge >= 0.3 is 0 Å². The Morgan fingerprint density at radius 1 is 0.833 bits per heavy atom. The topological polar surface area (TPSA) is 0 Å². The predicted molar refractivity (Wildman–Crippen MR) is 78.8 cm³/mol. The third kappa shape index (κ3) is 4.38. The lowest BCUT2D eigenvalue weighted by molar-refractivity contribution is 0.978. The maximum Gasteiger partial charge on any atom is 0.0147 e. The zero-order chi connectivity index (χ0) is 12.6. The molecule has 0 bridgehead atoms. The first kappa shape index (κ1) is 12.9. The molecule has 0 spiro atoms. The lowest BCUT2D eigenvalue weighted by Gasteiger charge is -2.01. The maximum absolute atomic E-state index is 6.24. The van der Waals surface area contributed by atoms with Crippen molar-refractivity contribution in [2.75, 3.05) is 0 Å². The predicted octanol–water partition coefficient (Wildman–Crippen LogP) is 4.98. The van der Waals surface area contributed by atoms with Gasteiger partial charge in [-0.1, -0.05) is 78.3 Å². The van der Waals surface area contributed by atoms with E-state index >= 15 is 0 Å². The van der Waals surface area contributed by atoms with Crippen LogP contribution in [-0.2, 0) is 12.8 Å². The Hall–Kier alpha value is -1.53. The maximum atomic E-state index is 6.24. The molecule has 0 N–H and O–H groups in total. The van der Waals surface area contributed by atoms with Crippen molar-refractivity contribution in [3.63, 3.8) is 0 Å². The molecule has 2 aromatic rings. The first-order valence-electron chi connectivity index (χ1n) is 6.27. The Bertz CT molecular complexity index is 486. The van der Waals surface area contributed by atoms with E-state index in [1.807, 2.05) is 12.1 Å². The van der Waals surface area contributed by atoms with E-state index in [9.17, 15) is 0 Å². The average Bonchev–Trinajstić information content (AvgIpc) is 2.45. The summed E-state index contributed by atoms with van der Waals surface area (Å²) in [6.45, 7) is 0. The van der Waals surface area contributed by atoms with Gasteiger partial charge in [0.25, 0.3) is 0 Å². The van der Waals surface area contributed by atoms with Crippen molar-refractivity contribution in [1.82, 2.24) is 0 Å². The van der Waals surface area contributed by atoms with Crippen molar-refractivity contribution in [2.24, 2.45) is 0 Å². The molecule has 0 saturated heterocycles. The van der Waals surface area contributed by atoms with Crippen LogP contribution in [0, 0.1) is 0 Å². The Balaban J connectivity index is 1.83. The molecule has 2 rings (SSSR count). The van der Waals surface area contributed by atoms with E-state index in [0.29, 0.717) is 0 Å². The fourth-order valence-electron chi connectivity index (χ4n) is 1.85. The second-order valence-electron chi connectivity index (χ2n) is 4.33. The van der Waals surface area contributed by atoms with Crippen LogP contribution in [0.4, 0.5) is 0 Å². The molecule has 0 unspecified atom stereocenters. The molecule has 0 aromatic heterocycles. The number of hydrogen-bond acceptors (Lipinski definition) is 0. The molecule has 2 aromatic carbocycles. The zero-order valence-corrected chi connectivity index (χ0v) is 11.1. The van der Waals surface area contributed by atoms with Gasteiger partial charge in [-0.3, -0.25) is 0 Å². The third-order valence-corrected chi connectivity index (χ3v) is 3.24. The van der Waals surface area contributed by atoms with Gasteiger partial charge in [0.2, 0.25) is 0 Å². The number of hydrogen-bond donors (Lipinski definition) is 0. The van der Waals surface area contributed by atoms with Crippen molar-refractivity contribution in [2.45, 2.75) is 19.3 Å². The SMILES string of the molecule is Cl/C(=C\Cc1ccccc1)CCc1ccccc1. The molecule has 0 amide bonds. The van der Waals surface area contributed by atoms with E-state index in [-0.39, 0.29) is 0 Å². The highest BCUT2D eigenvalue weighted by atomic mass is 35.5. The van der Waals surface area contributed by atoms with Gasteiger partial charge in [0.05, 0.1) is 0 Å². The fraction of sp³-hybridized carbons (Fsp3) is 0.176. The number of aryl methyl sites for hydroxylation is 1. The highest BCUT2D eigenvalue weighted by Crippen LogP contribution is 2.14. The lowest BCUT2D eigenvalue weighted by atomic mass is 10.1. The minimum Gasteiger partial charge on any atom is -0.0895 e. The summed E-state index contributed by atoms with van der Waals surface area (Å²) in [5, 5.41) is 0.947. The normalized spacial score (nSPS) is 11.5. The van der Waals surface area contributed by atoms with E-state index in [1.165, 1.54) is 11.1 Å². The van der Waals surface area contributed by atoms with Crippen molar-refractivity contribution >= 4 is 11.6 Å². The van der Waals surface area contributed by atoms with Crippen LogP contribution >= 0.6 is 11.6 Å². The Kier molecular flexibility index (Phi) is 5.04. The molecular formula is C17H17Cl. The van der Waals surface area contributed by atoms with Crippen molar-refractivity contribution in [3.05, 3.63) is 82.9 Å². The largest absolute Gasteiger partial charge is 0.0895 e. The van der Waals surface area contributed by atoms with Crippen LogP contribution in [-0.4, -0.2) is 0 Å². The highest BCUT2D eigenvalue weighted by Gasteiger charge is 1.96.